The highest BCUT2D eigenvalue weighted by Crippen LogP contribution is 2.38. The van der Waals surface area contributed by atoms with Gasteiger partial charge in [0.15, 0.2) is 0 Å². The largest absolute Gasteiger partial charge is 0.354 e. The highest BCUT2D eigenvalue weighted by molar-refractivity contribution is 6.27. The van der Waals surface area contributed by atoms with Crippen LogP contribution in [0.4, 0.5) is 0 Å². The lowest BCUT2D eigenvalue weighted by Crippen LogP contribution is -2.54. The number of amides is 3. The number of hydrogen-bond donors (Lipinski definition) is 1. The fourth-order valence-corrected chi connectivity index (χ4v) is 4.48. The van der Waals surface area contributed by atoms with Crippen molar-refractivity contribution in [3.63, 3.8) is 0 Å². The van der Waals surface area contributed by atoms with Crippen molar-refractivity contribution in [1.29, 1.82) is 0 Å². The number of rotatable bonds is 5. The number of carbonyl (C=O) groups is 3. The molecule has 0 bridgehead atoms. The van der Waals surface area contributed by atoms with Gasteiger partial charge in [-0.05, 0) is 31.7 Å². The molecule has 7 heteroatoms. The Labute approximate surface area is 171 Å². The third-order valence-electron chi connectivity index (χ3n) is 6.38. The van der Waals surface area contributed by atoms with Crippen molar-refractivity contribution in [2.75, 3.05) is 39.1 Å². The first-order valence-electron chi connectivity index (χ1n) is 9.75. The van der Waals surface area contributed by atoms with Crippen molar-refractivity contribution in [3.8, 4) is 0 Å². The third-order valence-corrected chi connectivity index (χ3v) is 6.62. The third kappa shape index (κ3) is 3.75. The molecule has 1 atom stereocenters. The van der Waals surface area contributed by atoms with Crippen LogP contribution in [0.15, 0.2) is 30.3 Å². The maximum atomic E-state index is 13.1. The molecule has 6 nitrogen and oxygen atoms in total. The van der Waals surface area contributed by atoms with Crippen LogP contribution in [-0.2, 0) is 19.8 Å². The summed E-state index contributed by atoms with van der Waals surface area (Å²) in [6, 6.07) is 10.1. The van der Waals surface area contributed by atoms with E-state index < -0.39 is 5.41 Å². The molecule has 0 aliphatic carbocycles. The number of benzene rings is 1. The van der Waals surface area contributed by atoms with E-state index in [-0.39, 0.29) is 29.0 Å². The average Bonchev–Trinajstić information content (AvgIpc) is 3.01. The Balaban J connectivity index is 1.75. The highest BCUT2D eigenvalue weighted by atomic mass is 35.5. The van der Waals surface area contributed by atoms with Crippen molar-refractivity contribution in [2.45, 2.75) is 31.6 Å². The second-order valence-corrected chi connectivity index (χ2v) is 8.42. The molecular weight excluding hydrogens is 378 g/mol. The molecule has 28 heavy (non-hydrogen) atoms. The van der Waals surface area contributed by atoms with E-state index in [0.717, 1.165) is 18.4 Å². The highest BCUT2D eigenvalue weighted by Gasteiger charge is 2.50. The summed E-state index contributed by atoms with van der Waals surface area (Å²) in [5.41, 5.74) is -0.0364. The van der Waals surface area contributed by atoms with Crippen molar-refractivity contribution < 1.29 is 14.4 Å². The fraction of sp³-hybridized carbons (Fsp3) is 0.571. The molecule has 1 aromatic carbocycles. The number of carbonyl (C=O) groups excluding carboxylic acids is 3. The molecule has 0 saturated carbocycles. The van der Waals surface area contributed by atoms with Gasteiger partial charge in [-0.15, -0.1) is 11.6 Å². The van der Waals surface area contributed by atoms with Gasteiger partial charge in [0, 0.05) is 38.6 Å². The monoisotopic (exact) mass is 405 g/mol. The van der Waals surface area contributed by atoms with E-state index >= 15 is 0 Å². The van der Waals surface area contributed by atoms with Crippen LogP contribution in [0.1, 0.15) is 31.7 Å². The summed E-state index contributed by atoms with van der Waals surface area (Å²) in [5, 5.41) is 2.93. The average molecular weight is 406 g/mol. The Kier molecular flexibility index (Phi) is 5.98. The Morgan fingerprint density at radius 2 is 1.75 bits per heavy atom. The van der Waals surface area contributed by atoms with E-state index in [9.17, 15) is 14.4 Å². The molecule has 3 amide bonds. The molecule has 0 aromatic heterocycles. The molecule has 152 valence electrons. The smallest absolute Gasteiger partial charge is 0.238 e. The van der Waals surface area contributed by atoms with E-state index in [0.29, 0.717) is 32.6 Å². The van der Waals surface area contributed by atoms with Gasteiger partial charge in [-0.1, -0.05) is 30.3 Å². The Morgan fingerprint density at radius 3 is 2.29 bits per heavy atom. The molecule has 2 heterocycles. The number of likely N-dealkylation sites (tertiary alicyclic amines) is 2. The number of alkyl halides is 1. The van der Waals surface area contributed by atoms with Crippen LogP contribution >= 0.6 is 11.6 Å². The first-order chi connectivity index (χ1) is 13.3. The number of piperidine rings is 1. The Hall–Kier alpha value is -2.08. The van der Waals surface area contributed by atoms with Gasteiger partial charge < -0.3 is 15.1 Å². The van der Waals surface area contributed by atoms with Gasteiger partial charge in [0.05, 0.1) is 0 Å². The lowest BCUT2D eigenvalue weighted by Gasteiger charge is -2.44. The fourth-order valence-electron chi connectivity index (χ4n) is 4.38. The molecule has 0 radical (unpaired) electrons. The van der Waals surface area contributed by atoms with E-state index in [4.69, 9.17) is 11.6 Å². The van der Waals surface area contributed by atoms with Gasteiger partial charge in [-0.25, -0.2) is 0 Å². The first kappa shape index (κ1) is 20.6. The minimum Gasteiger partial charge on any atom is -0.354 e. The molecule has 2 saturated heterocycles. The van der Waals surface area contributed by atoms with E-state index in [1.807, 2.05) is 23.1 Å². The second-order valence-electron chi connectivity index (χ2n) is 8.16. The normalized spacial score (nSPS) is 24.3. The Morgan fingerprint density at radius 1 is 1.11 bits per heavy atom. The molecule has 1 aromatic rings. The summed E-state index contributed by atoms with van der Waals surface area (Å²) in [5.74, 6) is -0.425. The van der Waals surface area contributed by atoms with E-state index in [1.165, 1.54) is 0 Å². The number of halogens is 1. The van der Waals surface area contributed by atoms with E-state index in [2.05, 4.69) is 17.4 Å². The molecule has 1 N–H and O–H groups in total. The SMILES string of the molecule is CN1CCC(C)(C(=O)N2CCC(CNC(=O)CCl)(c3ccccc3)CC2)C1=O. The minimum absolute atomic E-state index is 0.0660. The summed E-state index contributed by atoms with van der Waals surface area (Å²) >= 11 is 5.64. The number of nitrogens with zero attached hydrogens (tertiary/aromatic N) is 2. The van der Waals surface area contributed by atoms with Crippen molar-refractivity contribution in [2.24, 2.45) is 5.41 Å². The van der Waals surface area contributed by atoms with Crippen molar-refractivity contribution in [3.05, 3.63) is 35.9 Å². The van der Waals surface area contributed by atoms with E-state index in [1.54, 1.807) is 18.9 Å². The second kappa shape index (κ2) is 8.11. The molecule has 2 aliphatic rings. The minimum atomic E-state index is -0.950. The maximum absolute atomic E-state index is 13.1. The molecule has 1 unspecified atom stereocenters. The van der Waals surface area contributed by atoms with Crippen LogP contribution in [0.25, 0.3) is 0 Å². The summed E-state index contributed by atoms with van der Waals surface area (Å²) in [6.45, 7) is 4.01. The van der Waals surface area contributed by atoms with Crippen LogP contribution in [0, 0.1) is 5.41 Å². The lowest BCUT2D eigenvalue weighted by molar-refractivity contribution is -0.151. The molecular formula is C21H28ClN3O3. The topological polar surface area (TPSA) is 69.7 Å². The molecule has 2 fully saturated rings. The van der Waals surface area contributed by atoms with Gasteiger partial charge in [0.1, 0.15) is 11.3 Å². The predicted octanol–water partition coefficient (Wildman–Crippen LogP) is 1.77. The first-order valence-corrected chi connectivity index (χ1v) is 10.3. The molecule has 0 spiro atoms. The van der Waals surface area contributed by atoms with Crippen LogP contribution in [0.2, 0.25) is 0 Å². The number of hydrogen-bond acceptors (Lipinski definition) is 3. The van der Waals surface area contributed by atoms with Crippen molar-refractivity contribution in [1.82, 2.24) is 15.1 Å². The zero-order chi connectivity index (χ0) is 20.4. The predicted molar refractivity (Wildman–Crippen MR) is 108 cm³/mol. The van der Waals surface area contributed by atoms with Gasteiger partial charge in [-0.3, -0.25) is 14.4 Å². The van der Waals surface area contributed by atoms with Gasteiger partial charge in [-0.2, -0.15) is 0 Å². The van der Waals surface area contributed by atoms with Gasteiger partial charge >= 0.3 is 0 Å². The van der Waals surface area contributed by atoms with Crippen LogP contribution in [0.3, 0.4) is 0 Å². The summed E-state index contributed by atoms with van der Waals surface area (Å²) in [7, 11) is 1.75. The van der Waals surface area contributed by atoms with Gasteiger partial charge in [0.25, 0.3) is 0 Å². The van der Waals surface area contributed by atoms with Gasteiger partial charge in [0.2, 0.25) is 17.7 Å². The van der Waals surface area contributed by atoms with Crippen LogP contribution in [0.5, 0.6) is 0 Å². The summed E-state index contributed by atoms with van der Waals surface area (Å²) in [4.78, 5) is 40.8. The molecule has 3 rings (SSSR count). The standard InChI is InChI=1S/C21H28ClN3O3/c1-20(8-11-24(2)18(20)27)19(28)25-12-9-21(10-13-25,15-23-17(26)14-22)16-6-4-3-5-7-16/h3-7H,8-15H2,1-2H3,(H,23,26). The number of nitrogens with one attached hydrogen (secondary N) is 1. The van der Waals surface area contributed by atoms with Crippen LogP contribution in [-0.4, -0.2) is 66.6 Å². The summed E-state index contributed by atoms with van der Waals surface area (Å²) in [6.07, 6.45) is 2.02. The zero-order valence-electron chi connectivity index (χ0n) is 16.5. The zero-order valence-corrected chi connectivity index (χ0v) is 17.3. The summed E-state index contributed by atoms with van der Waals surface area (Å²) < 4.78 is 0. The lowest BCUT2D eigenvalue weighted by atomic mass is 9.72. The van der Waals surface area contributed by atoms with Crippen LogP contribution < -0.4 is 5.32 Å². The Bertz CT molecular complexity index is 747. The quantitative estimate of drug-likeness (QED) is 0.599. The van der Waals surface area contributed by atoms with Crippen molar-refractivity contribution >= 4 is 29.3 Å². The molecule has 2 aliphatic heterocycles. The maximum Gasteiger partial charge on any atom is 0.238 e.